The van der Waals surface area contributed by atoms with Crippen LogP contribution in [0.5, 0.6) is 0 Å². The summed E-state index contributed by atoms with van der Waals surface area (Å²) in [6, 6.07) is 13.5. The number of hydrogen-bond acceptors (Lipinski definition) is 2. The lowest BCUT2D eigenvalue weighted by molar-refractivity contribution is -0.114. The minimum atomic E-state index is -0.0981. The van der Waals surface area contributed by atoms with E-state index < -0.39 is 0 Å². The highest BCUT2D eigenvalue weighted by atomic mass is 35.5. The lowest BCUT2D eigenvalue weighted by Gasteiger charge is -2.23. The molecule has 0 aliphatic rings. The number of halogens is 1. The van der Waals surface area contributed by atoms with Gasteiger partial charge in [0.25, 0.3) is 0 Å². The normalized spacial score (nSPS) is 11.2. The molecule has 0 saturated heterocycles. The first-order chi connectivity index (χ1) is 10.8. The summed E-state index contributed by atoms with van der Waals surface area (Å²) >= 11 is 5.98. The van der Waals surface area contributed by atoms with Gasteiger partial charge in [-0.15, -0.1) is 0 Å². The molecule has 0 unspecified atom stereocenters. The van der Waals surface area contributed by atoms with Gasteiger partial charge in [0.15, 0.2) is 0 Å². The van der Waals surface area contributed by atoms with Crippen molar-refractivity contribution in [1.29, 1.82) is 0 Å². The van der Waals surface area contributed by atoms with Gasteiger partial charge < -0.3 is 10.6 Å². The van der Waals surface area contributed by atoms with E-state index in [9.17, 15) is 4.79 Å². The fraction of sp³-hybridized carbons (Fsp3) is 0.316. The van der Waals surface area contributed by atoms with E-state index in [1.165, 1.54) is 5.56 Å². The molecule has 3 nitrogen and oxygen atoms in total. The molecule has 0 bridgehead atoms. The van der Waals surface area contributed by atoms with Gasteiger partial charge in [0, 0.05) is 16.4 Å². The van der Waals surface area contributed by atoms with Gasteiger partial charge in [0.05, 0.1) is 6.54 Å². The molecule has 0 aromatic heterocycles. The average Bonchev–Trinajstić information content (AvgIpc) is 2.48. The van der Waals surface area contributed by atoms with Crippen molar-refractivity contribution in [2.24, 2.45) is 0 Å². The lowest BCUT2D eigenvalue weighted by atomic mass is 9.86. The third-order valence-corrected chi connectivity index (χ3v) is 3.88. The SMILES string of the molecule is Cc1ccc(Cl)cc1NC(=O)CNc1ccccc1C(C)(C)C. The molecule has 0 aliphatic heterocycles. The molecule has 0 aliphatic carbocycles. The Morgan fingerprint density at radius 3 is 2.48 bits per heavy atom. The van der Waals surface area contributed by atoms with Gasteiger partial charge >= 0.3 is 0 Å². The fourth-order valence-corrected chi connectivity index (χ4v) is 2.56. The van der Waals surface area contributed by atoms with Gasteiger partial charge in [-0.25, -0.2) is 0 Å². The Hall–Kier alpha value is -2.00. The zero-order valence-electron chi connectivity index (χ0n) is 14.0. The summed E-state index contributed by atoms with van der Waals surface area (Å²) < 4.78 is 0. The van der Waals surface area contributed by atoms with Crippen LogP contribution in [0.25, 0.3) is 0 Å². The summed E-state index contributed by atoms with van der Waals surface area (Å²) in [5.41, 5.74) is 3.92. The van der Waals surface area contributed by atoms with Crippen LogP contribution in [0.2, 0.25) is 5.02 Å². The molecule has 0 heterocycles. The van der Waals surface area contributed by atoms with Gasteiger partial charge in [-0.1, -0.05) is 56.6 Å². The molecular formula is C19H23ClN2O. The van der Waals surface area contributed by atoms with Crippen LogP contribution in [0, 0.1) is 6.92 Å². The number of anilines is 2. The molecule has 0 radical (unpaired) electrons. The summed E-state index contributed by atoms with van der Waals surface area (Å²) in [7, 11) is 0. The van der Waals surface area contributed by atoms with E-state index in [1.807, 2.05) is 37.3 Å². The zero-order valence-corrected chi connectivity index (χ0v) is 14.8. The van der Waals surface area contributed by atoms with Gasteiger partial charge in [-0.05, 0) is 41.7 Å². The molecule has 2 N–H and O–H groups in total. The standard InChI is InChI=1S/C19H23ClN2O/c1-13-9-10-14(20)11-17(13)22-18(23)12-21-16-8-6-5-7-15(16)19(2,3)4/h5-11,21H,12H2,1-4H3,(H,22,23). The van der Waals surface area contributed by atoms with Crippen molar-refractivity contribution in [1.82, 2.24) is 0 Å². The van der Waals surface area contributed by atoms with Crippen LogP contribution in [-0.4, -0.2) is 12.5 Å². The van der Waals surface area contributed by atoms with E-state index in [0.29, 0.717) is 5.02 Å². The maximum atomic E-state index is 12.2. The Kier molecular flexibility index (Phi) is 5.32. The topological polar surface area (TPSA) is 41.1 Å². The maximum Gasteiger partial charge on any atom is 0.243 e. The van der Waals surface area contributed by atoms with Crippen molar-refractivity contribution in [3.8, 4) is 0 Å². The Balaban J connectivity index is 2.04. The van der Waals surface area contributed by atoms with Gasteiger partial charge in [-0.3, -0.25) is 4.79 Å². The molecule has 2 aromatic rings. The number of aryl methyl sites for hydroxylation is 1. The van der Waals surface area contributed by atoms with Crippen LogP contribution in [-0.2, 0) is 10.2 Å². The zero-order chi connectivity index (χ0) is 17.0. The van der Waals surface area contributed by atoms with E-state index in [4.69, 9.17) is 11.6 Å². The van der Waals surface area contributed by atoms with E-state index in [2.05, 4.69) is 37.5 Å². The first kappa shape index (κ1) is 17.4. The first-order valence-electron chi connectivity index (χ1n) is 7.67. The predicted octanol–water partition coefficient (Wildman–Crippen LogP) is 5.00. The van der Waals surface area contributed by atoms with E-state index >= 15 is 0 Å². The third kappa shape index (κ3) is 4.73. The van der Waals surface area contributed by atoms with Crippen molar-refractivity contribution >= 4 is 28.9 Å². The number of carbonyl (C=O) groups is 1. The molecule has 0 spiro atoms. The van der Waals surface area contributed by atoms with Crippen LogP contribution >= 0.6 is 11.6 Å². The molecular weight excluding hydrogens is 308 g/mol. The van der Waals surface area contributed by atoms with Gasteiger partial charge in [-0.2, -0.15) is 0 Å². The van der Waals surface area contributed by atoms with Gasteiger partial charge in [0.1, 0.15) is 0 Å². The highest BCUT2D eigenvalue weighted by Crippen LogP contribution is 2.29. The largest absolute Gasteiger partial charge is 0.376 e. The first-order valence-corrected chi connectivity index (χ1v) is 8.04. The van der Waals surface area contributed by atoms with E-state index in [-0.39, 0.29) is 17.9 Å². The number of benzene rings is 2. The Morgan fingerprint density at radius 1 is 1.09 bits per heavy atom. The third-order valence-electron chi connectivity index (χ3n) is 3.65. The fourth-order valence-electron chi connectivity index (χ4n) is 2.39. The summed E-state index contributed by atoms with van der Waals surface area (Å²) in [6.45, 7) is 8.61. The van der Waals surface area contributed by atoms with E-state index in [0.717, 1.165) is 16.9 Å². The van der Waals surface area contributed by atoms with Crippen molar-refractivity contribution in [3.63, 3.8) is 0 Å². The molecule has 122 valence electrons. The average molecular weight is 331 g/mol. The van der Waals surface area contributed by atoms with Crippen molar-refractivity contribution in [3.05, 3.63) is 58.6 Å². The molecule has 2 aromatic carbocycles. The maximum absolute atomic E-state index is 12.2. The van der Waals surface area contributed by atoms with Crippen molar-refractivity contribution in [2.75, 3.05) is 17.2 Å². The smallest absolute Gasteiger partial charge is 0.243 e. The Morgan fingerprint density at radius 2 is 1.78 bits per heavy atom. The molecule has 0 atom stereocenters. The van der Waals surface area contributed by atoms with Crippen LogP contribution < -0.4 is 10.6 Å². The van der Waals surface area contributed by atoms with Crippen molar-refractivity contribution in [2.45, 2.75) is 33.1 Å². The Bertz CT molecular complexity index is 705. The second-order valence-corrected chi connectivity index (χ2v) is 7.09. The minimum Gasteiger partial charge on any atom is -0.376 e. The van der Waals surface area contributed by atoms with Gasteiger partial charge in [0.2, 0.25) is 5.91 Å². The summed E-state index contributed by atoms with van der Waals surface area (Å²) in [5.74, 6) is -0.0981. The molecule has 23 heavy (non-hydrogen) atoms. The number of para-hydroxylation sites is 1. The molecule has 0 saturated carbocycles. The lowest BCUT2D eigenvalue weighted by Crippen LogP contribution is -2.24. The molecule has 2 rings (SSSR count). The number of hydrogen-bond donors (Lipinski definition) is 2. The summed E-state index contributed by atoms with van der Waals surface area (Å²) in [6.07, 6.45) is 0. The Labute approximate surface area is 143 Å². The molecule has 0 fully saturated rings. The minimum absolute atomic E-state index is 0.0175. The van der Waals surface area contributed by atoms with Crippen LogP contribution in [0.4, 0.5) is 11.4 Å². The number of nitrogens with one attached hydrogen (secondary N) is 2. The van der Waals surface area contributed by atoms with Crippen LogP contribution in [0.15, 0.2) is 42.5 Å². The van der Waals surface area contributed by atoms with E-state index in [1.54, 1.807) is 6.07 Å². The number of rotatable bonds is 4. The predicted molar refractivity (Wildman–Crippen MR) is 98.5 cm³/mol. The number of amides is 1. The van der Waals surface area contributed by atoms with Crippen LogP contribution in [0.1, 0.15) is 31.9 Å². The highest BCUT2D eigenvalue weighted by Gasteiger charge is 2.17. The second-order valence-electron chi connectivity index (χ2n) is 6.66. The second kappa shape index (κ2) is 7.05. The van der Waals surface area contributed by atoms with Crippen molar-refractivity contribution < 1.29 is 4.79 Å². The summed E-state index contributed by atoms with van der Waals surface area (Å²) in [5, 5.41) is 6.73. The summed E-state index contributed by atoms with van der Waals surface area (Å²) in [4.78, 5) is 12.2. The highest BCUT2D eigenvalue weighted by molar-refractivity contribution is 6.31. The quantitative estimate of drug-likeness (QED) is 0.828. The number of carbonyl (C=O) groups excluding carboxylic acids is 1. The molecule has 1 amide bonds. The monoisotopic (exact) mass is 330 g/mol. The van der Waals surface area contributed by atoms with Crippen LogP contribution in [0.3, 0.4) is 0 Å². The molecule has 4 heteroatoms.